The summed E-state index contributed by atoms with van der Waals surface area (Å²) in [6, 6.07) is 0. The van der Waals surface area contributed by atoms with Crippen LogP contribution in [0.1, 0.15) is 48.4 Å². The first-order valence-electron chi connectivity index (χ1n) is 8.07. The van der Waals surface area contributed by atoms with Gasteiger partial charge in [-0.2, -0.15) is 0 Å². The lowest BCUT2D eigenvalue weighted by Crippen LogP contribution is -2.48. The molecule has 1 saturated carbocycles. The molecule has 0 spiro atoms. The van der Waals surface area contributed by atoms with E-state index < -0.39 is 0 Å². The van der Waals surface area contributed by atoms with Crippen molar-refractivity contribution in [2.75, 3.05) is 19.7 Å². The van der Waals surface area contributed by atoms with Crippen molar-refractivity contribution >= 4 is 0 Å². The van der Waals surface area contributed by atoms with Gasteiger partial charge in [0.25, 0.3) is 0 Å². The predicted octanol–water partition coefficient (Wildman–Crippen LogP) is 2.41. The van der Waals surface area contributed by atoms with Crippen LogP contribution < -0.4 is 10.6 Å². The van der Waals surface area contributed by atoms with Crippen LogP contribution in [0.25, 0.3) is 0 Å². The third-order valence-electron chi connectivity index (χ3n) is 6.11. The van der Waals surface area contributed by atoms with Crippen molar-refractivity contribution in [1.29, 1.82) is 0 Å². The Labute approximate surface area is 119 Å². The normalized spacial score (nSPS) is 46.4. The molecule has 5 fully saturated rings. The molecule has 2 N–H and O–H groups in total. The first-order valence-corrected chi connectivity index (χ1v) is 8.07. The fraction of sp³-hybridized carbons (Fsp3) is 1.00. The Hall–Kier alpha value is -0.120. The molecule has 3 heteroatoms. The maximum Gasteiger partial charge on any atom is 0.0719 e. The number of nitrogens with one attached hydrogen (secondary N) is 2. The van der Waals surface area contributed by atoms with E-state index in [0.717, 1.165) is 25.0 Å². The molecule has 5 aliphatic rings. The minimum Gasteiger partial charge on any atom is -0.375 e. The molecule has 0 amide bonds. The van der Waals surface area contributed by atoms with Crippen molar-refractivity contribution < 1.29 is 6.16 Å². The van der Waals surface area contributed by atoms with Crippen molar-refractivity contribution in [2.24, 2.45) is 17.8 Å². The molecule has 4 bridgehead atoms. The Morgan fingerprint density at radius 1 is 0.947 bits per heavy atom. The second-order valence-electron chi connectivity index (χ2n) is 7.79. The molecule has 2 atom stereocenters. The van der Waals surface area contributed by atoms with Crippen LogP contribution in [0.15, 0.2) is 0 Å². The van der Waals surface area contributed by atoms with Crippen LogP contribution in [0.3, 0.4) is 0 Å². The molecule has 112 valence electrons. The molecule has 0 aromatic heterocycles. The van der Waals surface area contributed by atoms with Crippen LogP contribution >= 0.6 is 0 Å². The van der Waals surface area contributed by atoms with Crippen molar-refractivity contribution in [3.63, 3.8) is 0 Å². The van der Waals surface area contributed by atoms with E-state index in [9.17, 15) is 0 Å². The Bertz CT molecular complexity index is 326. The average molecular weight is 268 g/mol. The van der Waals surface area contributed by atoms with Crippen molar-refractivity contribution in [2.45, 2.75) is 64.1 Å². The van der Waals surface area contributed by atoms with Gasteiger partial charge in [-0.1, -0.05) is 27.7 Å². The summed E-state index contributed by atoms with van der Waals surface area (Å²) >= 11 is 0. The summed E-state index contributed by atoms with van der Waals surface area (Å²) < 4.78 is 5.55. The van der Waals surface area contributed by atoms with Crippen LogP contribution in [-0.2, 0) is 4.74 Å². The molecule has 2 unspecified atom stereocenters. The highest BCUT2D eigenvalue weighted by Crippen LogP contribution is 2.47. The third kappa shape index (κ3) is 2.24. The first-order chi connectivity index (χ1) is 8.96. The van der Waals surface area contributed by atoms with Gasteiger partial charge in [-0.05, 0) is 43.6 Å². The largest absolute Gasteiger partial charge is 0.375 e. The van der Waals surface area contributed by atoms with E-state index in [2.05, 4.69) is 38.3 Å². The molecule has 0 aromatic carbocycles. The van der Waals surface area contributed by atoms with E-state index in [1.807, 2.05) is 0 Å². The Balaban J connectivity index is 0.000000141. The number of morpholine rings is 1. The summed E-state index contributed by atoms with van der Waals surface area (Å²) in [5, 5.41) is 7.15. The van der Waals surface area contributed by atoms with Crippen LogP contribution in [0, 0.1) is 17.8 Å². The van der Waals surface area contributed by atoms with E-state index in [4.69, 9.17) is 4.74 Å². The quantitative estimate of drug-likeness (QED) is 0.807. The van der Waals surface area contributed by atoms with Crippen molar-refractivity contribution in [3.8, 4) is 0 Å². The Morgan fingerprint density at radius 2 is 1.58 bits per heavy atom. The van der Waals surface area contributed by atoms with E-state index in [0.29, 0.717) is 23.1 Å². The number of hydrogen-bond donors (Lipinski definition) is 2. The van der Waals surface area contributed by atoms with Gasteiger partial charge in [0.15, 0.2) is 0 Å². The van der Waals surface area contributed by atoms with Gasteiger partial charge in [-0.25, -0.2) is 0 Å². The molecular formula is C16H32N2O. The Kier molecular flexibility index (Phi) is 3.43. The molecule has 4 heterocycles. The number of rotatable bonds is 2. The minimum absolute atomic E-state index is 0. The number of ether oxygens (including phenoxy) is 1. The van der Waals surface area contributed by atoms with Crippen molar-refractivity contribution in [3.05, 3.63) is 0 Å². The van der Waals surface area contributed by atoms with Gasteiger partial charge in [0.05, 0.1) is 12.7 Å². The molecule has 5 rings (SSSR count). The van der Waals surface area contributed by atoms with Gasteiger partial charge in [0, 0.05) is 19.0 Å². The molecule has 19 heavy (non-hydrogen) atoms. The molecule has 1 aliphatic carbocycles. The summed E-state index contributed by atoms with van der Waals surface area (Å²) in [5.41, 5.74) is 0.926. The van der Waals surface area contributed by atoms with E-state index >= 15 is 0 Å². The van der Waals surface area contributed by atoms with Gasteiger partial charge in [0.1, 0.15) is 0 Å². The zero-order valence-electron chi connectivity index (χ0n) is 13.0. The van der Waals surface area contributed by atoms with E-state index in [1.54, 1.807) is 0 Å². The zero-order valence-corrected chi connectivity index (χ0v) is 13.0. The highest BCUT2D eigenvalue weighted by molar-refractivity contribution is 5.09. The van der Waals surface area contributed by atoms with Gasteiger partial charge < -0.3 is 15.4 Å². The number of fused-ring (bicyclic) bond motifs is 3. The minimum atomic E-state index is 0. The van der Waals surface area contributed by atoms with E-state index in [1.165, 1.54) is 25.8 Å². The highest BCUT2D eigenvalue weighted by atomic mass is 16.5. The standard InChI is InChI=1S/C8H15NO.C8H15N.H2/c1-6(2)8-3-7(4-9-8)10-5-8;1-6(2)8-3-7(4-8)5-9-8;/h6-7,9H,3-5H2,1-2H3;6-7,9H,3-5H2,1-2H3;1H. The van der Waals surface area contributed by atoms with Crippen LogP contribution in [0.4, 0.5) is 0 Å². The molecular weight excluding hydrogens is 236 g/mol. The molecule has 0 aromatic rings. The van der Waals surface area contributed by atoms with Gasteiger partial charge in [-0.3, -0.25) is 0 Å². The summed E-state index contributed by atoms with van der Waals surface area (Å²) in [6.07, 6.45) is 4.64. The summed E-state index contributed by atoms with van der Waals surface area (Å²) in [4.78, 5) is 0. The maximum absolute atomic E-state index is 5.55. The number of hydrogen-bond acceptors (Lipinski definition) is 3. The maximum atomic E-state index is 5.55. The van der Waals surface area contributed by atoms with Crippen LogP contribution in [0.5, 0.6) is 0 Å². The fourth-order valence-electron chi connectivity index (χ4n) is 4.25. The molecule has 3 nitrogen and oxygen atoms in total. The van der Waals surface area contributed by atoms with Gasteiger partial charge in [-0.15, -0.1) is 0 Å². The van der Waals surface area contributed by atoms with Crippen LogP contribution in [0.2, 0.25) is 0 Å². The lowest BCUT2D eigenvalue weighted by molar-refractivity contribution is 0.0585. The average Bonchev–Trinajstić information content (AvgIpc) is 3.09. The SMILES string of the molecule is CC(C)C12CC(CN1)C2.CC(C)C12COC(CN1)C2.[HH]. The molecule has 0 radical (unpaired) electrons. The van der Waals surface area contributed by atoms with Crippen molar-refractivity contribution in [1.82, 2.24) is 10.6 Å². The summed E-state index contributed by atoms with van der Waals surface area (Å²) in [6.45, 7) is 12.5. The van der Waals surface area contributed by atoms with Gasteiger partial charge in [0.2, 0.25) is 0 Å². The molecule has 4 saturated heterocycles. The monoisotopic (exact) mass is 268 g/mol. The topological polar surface area (TPSA) is 33.3 Å². The van der Waals surface area contributed by atoms with Gasteiger partial charge >= 0.3 is 0 Å². The highest BCUT2D eigenvalue weighted by Gasteiger charge is 2.51. The third-order valence-corrected chi connectivity index (χ3v) is 6.11. The fourth-order valence-corrected chi connectivity index (χ4v) is 4.25. The second-order valence-corrected chi connectivity index (χ2v) is 7.79. The first kappa shape index (κ1) is 13.8. The summed E-state index contributed by atoms with van der Waals surface area (Å²) in [5.74, 6) is 2.59. The zero-order chi connectivity index (χ0) is 13.7. The lowest BCUT2D eigenvalue weighted by Gasteiger charge is -2.41. The Morgan fingerprint density at radius 3 is 1.79 bits per heavy atom. The predicted molar refractivity (Wildman–Crippen MR) is 80.3 cm³/mol. The summed E-state index contributed by atoms with van der Waals surface area (Å²) in [7, 11) is 0. The lowest BCUT2D eigenvalue weighted by atomic mass is 9.67. The van der Waals surface area contributed by atoms with E-state index in [-0.39, 0.29) is 1.43 Å². The second kappa shape index (κ2) is 4.71. The molecule has 4 aliphatic heterocycles. The smallest absolute Gasteiger partial charge is 0.0719 e. The van der Waals surface area contributed by atoms with Crippen LogP contribution in [-0.4, -0.2) is 36.9 Å².